The zero-order chi connectivity index (χ0) is 26.8. The number of nitriles is 1. The third-order valence-electron chi connectivity index (χ3n) is 8.43. The molecule has 3 aliphatic heterocycles. The molecule has 1 N–H and O–H groups in total. The maximum absolute atomic E-state index is 7.32. The second kappa shape index (κ2) is 10.8. The molecule has 1 atom stereocenters. The van der Waals surface area contributed by atoms with Gasteiger partial charge in [-0.2, -0.15) is 15.2 Å². The highest BCUT2D eigenvalue weighted by Crippen LogP contribution is 2.54. The number of likely N-dealkylation sites (N-methyl/N-ethyl adjacent to an activating group) is 1. The fourth-order valence-electron chi connectivity index (χ4n) is 6.48. The molecule has 0 bridgehead atoms. The Hall–Kier alpha value is -3.67. The van der Waals surface area contributed by atoms with Gasteiger partial charge in [0.25, 0.3) is 0 Å². The summed E-state index contributed by atoms with van der Waals surface area (Å²) < 4.78 is 13.3. The average molecular weight is 525 g/mol. The predicted octanol–water partition coefficient (Wildman–Crippen LogP) is 4.14. The van der Waals surface area contributed by atoms with E-state index >= 15 is 0 Å². The number of rotatable bonds is 4. The van der Waals surface area contributed by atoms with E-state index in [1.807, 2.05) is 0 Å². The zero-order valence-corrected chi connectivity index (χ0v) is 22.8. The fourth-order valence-corrected chi connectivity index (χ4v) is 6.48. The normalized spacial score (nSPS) is 20.6. The summed E-state index contributed by atoms with van der Waals surface area (Å²) in [6, 6.07) is 19.9. The van der Waals surface area contributed by atoms with Crippen LogP contribution in [0, 0.1) is 11.3 Å². The Morgan fingerprint density at radius 2 is 1.72 bits per heavy atom. The van der Waals surface area contributed by atoms with Crippen molar-refractivity contribution in [2.75, 3.05) is 51.3 Å². The highest BCUT2D eigenvalue weighted by molar-refractivity contribution is 5.80. The van der Waals surface area contributed by atoms with Gasteiger partial charge in [0.15, 0.2) is 5.60 Å². The summed E-state index contributed by atoms with van der Waals surface area (Å²) in [5, 5.41) is 10.8. The van der Waals surface area contributed by atoms with Crippen LogP contribution in [-0.2, 0) is 12.0 Å². The molecule has 2 saturated heterocycles. The minimum atomic E-state index is -0.530. The lowest BCUT2D eigenvalue weighted by molar-refractivity contribution is 0.0805. The lowest BCUT2D eigenvalue weighted by atomic mass is 9.83. The van der Waals surface area contributed by atoms with E-state index in [2.05, 4.69) is 70.7 Å². The summed E-state index contributed by atoms with van der Waals surface area (Å²) >= 11 is 0. The molecular formula is C31H36N6O2. The second-order valence-electron chi connectivity index (χ2n) is 10.7. The van der Waals surface area contributed by atoms with Gasteiger partial charge in [-0.25, -0.2) is 0 Å². The van der Waals surface area contributed by atoms with Gasteiger partial charge in [0.1, 0.15) is 12.4 Å². The molecule has 4 heterocycles. The number of hydrogen-bond donors (Lipinski definition) is 1. The van der Waals surface area contributed by atoms with E-state index in [9.17, 15) is 0 Å². The van der Waals surface area contributed by atoms with Crippen LogP contribution >= 0.6 is 0 Å². The maximum atomic E-state index is 7.32. The molecule has 3 aromatic rings. The molecule has 1 spiro atoms. The Morgan fingerprint density at radius 1 is 1.05 bits per heavy atom. The molecule has 0 unspecified atom stereocenters. The number of ether oxygens (including phenoxy) is 2. The van der Waals surface area contributed by atoms with Gasteiger partial charge >= 0.3 is 6.01 Å². The average Bonchev–Trinajstić information content (AvgIpc) is 3.51. The largest absolute Gasteiger partial charge is 0.462 e. The van der Waals surface area contributed by atoms with Crippen LogP contribution in [0.4, 0.5) is 5.82 Å². The Balaban J connectivity index is 0.000000883. The van der Waals surface area contributed by atoms with Crippen molar-refractivity contribution in [2.24, 2.45) is 0 Å². The summed E-state index contributed by atoms with van der Waals surface area (Å²) in [5.74, 6) is 1.65. The number of nitrogens with one attached hydrogen (secondary N) is 1. The molecule has 202 valence electrons. The summed E-state index contributed by atoms with van der Waals surface area (Å²) in [4.78, 5) is 14.6. The molecule has 0 amide bonds. The van der Waals surface area contributed by atoms with Crippen molar-refractivity contribution in [2.45, 2.75) is 44.2 Å². The van der Waals surface area contributed by atoms with Crippen molar-refractivity contribution in [3.63, 3.8) is 0 Å². The van der Waals surface area contributed by atoms with Gasteiger partial charge in [-0.3, -0.25) is 0 Å². The van der Waals surface area contributed by atoms with Crippen molar-refractivity contribution < 1.29 is 9.47 Å². The van der Waals surface area contributed by atoms with Gasteiger partial charge in [-0.05, 0) is 44.0 Å². The van der Waals surface area contributed by atoms with Gasteiger partial charge in [-0.1, -0.05) is 48.5 Å². The molecule has 1 aromatic heterocycles. The molecule has 2 aromatic carbocycles. The van der Waals surface area contributed by atoms with Crippen LogP contribution in [0.25, 0.3) is 11.1 Å². The van der Waals surface area contributed by atoms with E-state index < -0.39 is 5.60 Å². The second-order valence-corrected chi connectivity index (χ2v) is 10.7. The van der Waals surface area contributed by atoms with Gasteiger partial charge in [0, 0.05) is 56.7 Å². The lowest BCUT2D eigenvalue weighted by Crippen LogP contribution is -2.45. The quantitative estimate of drug-likeness (QED) is 0.545. The standard InChI is InChI=1S/C29H33N5O2.C2H3N/c1-33-16-6-7-20(33)19-35-28-31-26(34-17-14-30-15-18-34)23-12-13-29(36-27(23)32-28)24-10-4-2-8-21(24)22-9-3-5-11-25(22)29;1-2-3/h2-5,8-11,20,30H,6-7,12-19H2,1H3;1H3/t20-;/m0./s1. The third-order valence-corrected chi connectivity index (χ3v) is 8.43. The molecule has 4 aliphatic rings. The lowest BCUT2D eigenvalue weighted by Gasteiger charge is -2.39. The molecule has 8 heteroatoms. The van der Waals surface area contributed by atoms with Crippen molar-refractivity contribution in [3.8, 4) is 29.1 Å². The minimum Gasteiger partial charge on any atom is -0.462 e. The number of fused-ring (bicyclic) bond motifs is 6. The van der Waals surface area contributed by atoms with Crippen LogP contribution in [0.15, 0.2) is 48.5 Å². The summed E-state index contributed by atoms with van der Waals surface area (Å²) in [6.07, 6.45) is 4.10. The number of nitrogens with zero attached hydrogens (tertiary/aromatic N) is 5. The number of piperazine rings is 1. The van der Waals surface area contributed by atoms with E-state index in [0.717, 1.165) is 63.4 Å². The minimum absolute atomic E-state index is 0.410. The zero-order valence-electron chi connectivity index (χ0n) is 22.8. The highest BCUT2D eigenvalue weighted by atomic mass is 16.5. The first-order valence-electron chi connectivity index (χ1n) is 14.0. The van der Waals surface area contributed by atoms with Crippen LogP contribution in [0.2, 0.25) is 0 Å². The first-order chi connectivity index (χ1) is 19.1. The predicted molar refractivity (Wildman–Crippen MR) is 151 cm³/mol. The van der Waals surface area contributed by atoms with Crippen molar-refractivity contribution in [1.29, 1.82) is 5.26 Å². The highest BCUT2D eigenvalue weighted by Gasteiger charge is 2.48. The van der Waals surface area contributed by atoms with E-state index in [4.69, 9.17) is 24.7 Å². The fraction of sp³-hybridized carbons (Fsp3) is 0.452. The van der Waals surface area contributed by atoms with E-state index in [1.165, 1.54) is 35.6 Å². The molecule has 7 rings (SSSR count). The summed E-state index contributed by atoms with van der Waals surface area (Å²) in [5.41, 5.74) is 5.55. The van der Waals surface area contributed by atoms with Crippen LogP contribution in [0.3, 0.4) is 0 Å². The van der Waals surface area contributed by atoms with Gasteiger partial charge < -0.3 is 24.6 Å². The number of likely N-dealkylation sites (tertiary alicyclic amines) is 1. The monoisotopic (exact) mass is 524 g/mol. The van der Waals surface area contributed by atoms with Crippen molar-refractivity contribution in [3.05, 3.63) is 65.2 Å². The molecular weight excluding hydrogens is 488 g/mol. The number of aromatic nitrogens is 2. The molecule has 8 nitrogen and oxygen atoms in total. The first kappa shape index (κ1) is 25.6. The molecule has 39 heavy (non-hydrogen) atoms. The smallest absolute Gasteiger partial charge is 0.321 e. The number of anilines is 1. The Kier molecular flexibility index (Phi) is 7.11. The Morgan fingerprint density at radius 3 is 2.36 bits per heavy atom. The molecule has 0 radical (unpaired) electrons. The molecule has 0 saturated carbocycles. The van der Waals surface area contributed by atoms with Gasteiger partial charge in [0.05, 0.1) is 11.6 Å². The van der Waals surface area contributed by atoms with Crippen LogP contribution in [0.5, 0.6) is 11.9 Å². The molecule has 1 aliphatic carbocycles. The van der Waals surface area contributed by atoms with E-state index in [1.54, 1.807) is 6.07 Å². The number of hydrogen-bond acceptors (Lipinski definition) is 8. The van der Waals surface area contributed by atoms with Crippen LogP contribution in [-0.4, -0.2) is 67.3 Å². The van der Waals surface area contributed by atoms with Gasteiger partial charge in [0.2, 0.25) is 5.88 Å². The van der Waals surface area contributed by atoms with Crippen LogP contribution in [0.1, 0.15) is 42.9 Å². The Labute approximate surface area is 230 Å². The maximum Gasteiger partial charge on any atom is 0.321 e. The summed E-state index contributed by atoms with van der Waals surface area (Å²) in [6.45, 7) is 6.90. The Bertz CT molecular complexity index is 1330. The SMILES string of the molecule is CC#N.CN1CCC[C@H]1COc1nc2c(c(N3CCNCC3)n1)CCC1(O2)c2ccccc2-c2ccccc21. The van der Waals surface area contributed by atoms with Crippen molar-refractivity contribution in [1.82, 2.24) is 20.2 Å². The van der Waals surface area contributed by atoms with Crippen LogP contribution < -0.4 is 19.7 Å². The summed E-state index contributed by atoms with van der Waals surface area (Å²) in [7, 11) is 2.17. The third kappa shape index (κ3) is 4.60. The molecule has 2 fully saturated rings. The number of benzene rings is 2. The topological polar surface area (TPSA) is 86.5 Å². The van der Waals surface area contributed by atoms with Gasteiger partial charge in [-0.15, -0.1) is 0 Å². The van der Waals surface area contributed by atoms with Crippen molar-refractivity contribution >= 4 is 5.82 Å². The van der Waals surface area contributed by atoms with E-state index in [-0.39, 0.29) is 0 Å². The first-order valence-corrected chi connectivity index (χ1v) is 14.0. The van der Waals surface area contributed by atoms with E-state index in [0.29, 0.717) is 24.5 Å².